The van der Waals surface area contributed by atoms with Gasteiger partial charge in [0.2, 0.25) is 0 Å². The molecule has 0 unspecified atom stereocenters. The highest BCUT2D eigenvalue weighted by molar-refractivity contribution is 7.13. The number of hydrogen-bond donors (Lipinski definition) is 0. The maximum atomic E-state index is 10.7. The molecule has 2 nitrogen and oxygen atoms in total. The van der Waals surface area contributed by atoms with E-state index >= 15 is 0 Å². The number of carbonyl (C=O) groups is 1. The lowest BCUT2D eigenvalue weighted by molar-refractivity contribution is 0.112. The largest absolute Gasteiger partial charge is 0.295 e. The number of rotatable bonds is 3. The molecule has 0 N–H and O–H groups in total. The molecule has 3 heteroatoms. The second kappa shape index (κ2) is 3.81. The fourth-order valence-corrected chi connectivity index (χ4v) is 2.77. The highest BCUT2D eigenvalue weighted by Gasteiger charge is 2.26. The maximum Gasteiger partial charge on any atom is 0.178 e. The Kier molecular flexibility index (Phi) is 2.68. The molecule has 1 heterocycles. The number of nitrogens with zero attached hydrogens (tertiary/aromatic N) is 1. The van der Waals surface area contributed by atoms with Crippen LogP contribution in [0.2, 0.25) is 0 Å². The Morgan fingerprint density at radius 3 is 2.64 bits per heavy atom. The van der Waals surface area contributed by atoms with Crippen LogP contribution in [0, 0.1) is 0 Å². The molecule has 1 aliphatic carbocycles. The van der Waals surface area contributed by atoms with Crippen molar-refractivity contribution >= 4 is 17.6 Å². The molecule has 76 valence electrons. The number of thiazole rings is 1. The van der Waals surface area contributed by atoms with Gasteiger partial charge in [-0.15, -0.1) is 11.3 Å². The minimum absolute atomic E-state index is 0.497. The lowest BCUT2D eigenvalue weighted by atomic mass is 9.81. The van der Waals surface area contributed by atoms with Gasteiger partial charge < -0.3 is 0 Å². The number of aromatic nitrogens is 1. The van der Waals surface area contributed by atoms with Crippen molar-refractivity contribution in [3.05, 3.63) is 15.6 Å². The lowest BCUT2D eigenvalue weighted by Crippen LogP contribution is -2.11. The summed E-state index contributed by atoms with van der Waals surface area (Å²) in [5.74, 6) is 1.13. The van der Waals surface area contributed by atoms with Gasteiger partial charge in [0.25, 0.3) is 0 Å². The zero-order valence-corrected chi connectivity index (χ0v) is 9.43. The average Bonchev–Trinajstić information content (AvgIpc) is 2.45. The molecule has 1 saturated carbocycles. The van der Waals surface area contributed by atoms with E-state index in [0.717, 1.165) is 6.29 Å². The summed E-state index contributed by atoms with van der Waals surface area (Å²) in [6.07, 6.45) is 4.69. The predicted octanol–water partition coefficient (Wildman–Crippen LogP) is 3.35. The van der Waals surface area contributed by atoms with Gasteiger partial charge in [0.05, 0.1) is 5.69 Å². The van der Waals surface area contributed by atoms with Crippen molar-refractivity contribution in [3.8, 4) is 0 Å². The standard InChI is InChI=1S/C11H15NOS/c1-7(2)11-10(8-4-3-5-8)12-9(6-13)14-11/h6-8H,3-5H2,1-2H3. The Bertz CT molecular complexity index is 339. The van der Waals surface area contributed by atoms with Crippen molar-refractivity contribution in [1.29, 1.82) is 0 Å². The fraction of sp³-hybridized carbons (Fsp3) is 0.636. The van der Waals surface area contributed by atoms with Gasteiger partial charge >= 0.3 is 0 Å². The summed E-state index contributed by atoms with van der Waals surface area (Å²) >= 11 is 1.57. The zero-order chi connectivity index (χ0) is 10.1. The van der Waals surface area contributed by atoms with Crippen LogP contribution in [0.15, 0.2) is 0 Å². The summed E-state index contributed by atoms with van der Waals surface area (Å²) in [5, 5.41) is 0.649. The summed E-state index contributed by atoms with van der Waals surface area (Å²) in [5.41, 5.74) is 1.21. The summed E-state index contributed by atoms with van der Waals surface area (Å²) in [6, 6.07) is 0. The number of aldehydes is 1. The van der Waals surface area contributed by atoms with Crippen molar-refractivity contribution in [2.24, 2.45) is 0 Å². The first kappa shape index (κ1) is 9.84. The van der Waals surface area contributed by atoms with Gasteiger partial charge in [-0.25, -0.2) is 4.98 Å². The molecule has 0 bridgehead atoms. The molecule has 0 amide bonds. The average molecular weight is 209 g/mol. The maximum absolute atomic E-state index is 10.7. The van der Waals surface area contributed by atoms with Crippen LogP contribution < -0.4 is 0 Å². The van der Waals surface area contributed by atoms with Crippen LogP contribution in [0.4, 0.5) is 0 Å². The SMILES string of the molecule is CC(C)c1sc(C=O)nc1C1CCC1. The molecule has 0 atom stereocenters. The molecule has 0 saturated heterocycles. The van der Waals surface area contributed by atoms with E-state index in [4.69, 9.17) is 0 Å². The monoisotopic (exact) mass is 209 g/mol. The van der Waals surface area contributed by atoms with Crippen LogP contribution >= 0.6 is 11.3 Å². The topological polar surface area (TPSA) is 30.0 Å². The van der Waals surface area contributed by atoms with Crippen molar-refractivity contribution in [1.82, 2.24) is 4.98 Å². The van der Waals surface area contributed by atoms with Crippen LogP contribution in [0.5, 0.6) is 0 Å². The van der Waals surface area contributed by atoms with Gasteiger partial charge in [-0.2, -0.15) is 0 Å². The number of hydrogen-bond acceptors (Lipinski definition) is 3. The van der Waals surface area contributed by atoms with Gasteiger partial charge in [0.15, 0.2) is 11.3 Å². The van der Waals surface area contributed by atoms with E-state index in [1.54, 1.807) is 11.3 Å². The van der Waals surface area contributed by atoms with Crippen molar-refractivity contribution in [2.75, 3.05) is 0 Å². The summed E-state index contributed by atoms with van der Waals surface area (Å²) < 4.78 is 0. The van der Waals surface area contributed by atoms with E-state index in [1.165, 1.54) is 29.8 Å². The first-order valence-electron chi connectivity index (χ1n) is 5.18. The molecule has 2 rings (SSSR count). The third kappa shape index (κ3) is 1.61. The molecule has 0 spiro atoms. The van der Waals surface area contributed by atoms with E-state index in [1.807, 2.05) is 0 Å². The van der Waals surface area contributed by atoms with Crippen LogP contribution in [0.25, 0.3) is 0 Å². The first-order chi connectivity index (χ1) is 6.72. The molecule has 1 aliphatic rings. The van der Waals surface area contributed by atoms with Crippen molar-refractivity contribution in [3.63, 3.8) is 0 Å². The van der Waals surface area contributed by atoms with E-state index in [-0.39, 0.29) is 0 Å². The molecule has 14 heavy (non-hydrogen) atoms. The third-order valence-electron chi connectivity index (χ3n) is 2.81. The van der Waals surface area contributed by atoms with Gasteiger partial charge in [0, 0.05) is 10.8 Å². The van der Waals surface area contributed by atoms with Gasteiger partial charge in [0.1, 0.15) is 0 Å². The van der Waals surface area contributed by atoms with Gasteiger partial charge in [-0.3, -0.25) is 4.79 Å². The van der Waals surface area contributed by atoms with E-state index in [9.17, 15) is 4.79 Å². The highest BCUT2D eigenvalue weighted by Crippen LogP contribution is 2.41. The smallest absolute Gasteiger partial charge is 0.178 e. The molecule has 0 radical (unpaired) electrons. The summed E-state index contributed by atoms with van der Waals surface area (Å²) in [6.45, 7) is 4.34. The normalized spacial score (nSPS) is 17.1. The Labute approximate surface area is 88.4 Å². The zero-order valence-electron chi connectivity index (χ0n) is 8.62. The fourth-order valence-electron chi connectivity index (χ4n) is 1.80. The summed E-state index contributed by atoms with van der Waals surface area (Å²) in [4.78, 5) is 16.4. The number of carbonyl (C=O) groups excluding carboxylic acids is 1. The van der Waals surface area contributed by atoms with E-state index in [0.29, 0.717) is 16.8 Å². The molecule has 1 aromatic heterocycles. The highest BCUT2D eigenvalue weighted by atomic mass is 32.1. The predicted molar refractivity (Wildman–Crippen MR) is 58.2 cm³/mol. The minimum Gasteiger partial charge on any atom is -0.295 e. The molecular weight excluding hydrogens is 194 g/mol. The molecule has 0 aromatic carbocycles. The molecule has 1 fully saturated rings. The Hall–Kier alpha value is -0.700. The Balaban J connectivity index is 2.34. The van der Waals surface area contributed by atoms with Crippen molar-refractivity contribution in [2.45, 2.75) is 44.9 Å². The van der Waals surface area contributed by atoms with Crippen LogP contribution in [0.3, 0.4) is 0 Å². The Morgan fingerprint density at radius 1 is 1.50 bits per heavy atom. The second-order valence-electron chi connectivity index (χ2n) is 4.20. The Morgan fingerprint density at radius 2 is 2.21 bits per heavy atom. The van der Waals surface area contributed by atoms with Gasteiger partial charge in [-0.1, -0.05) is 20.3 Å². The van der Waals surface area contributed by atoms with E-state index < -0.39 is 0 Å². The van der Waals surface area contributed by atoms with Gasteiger partial charge in [-0.05, 0) is 18.8 Å². The molecular formula is C11H15NOS. The second-order valence-corrected chi connectivity index (χ2v) is 5.26. The minimum atomic E-state index is 0.497. The lowest BCUT2D eigenvalue weighted by Gasteiger charge is -2.25. The van der Waals surface area contributed by atoms with Crippen LogP contribution in [-0.2, 0) is 0 Å². The van der Waals surface area contributed by atoms with E-state index in [2.05, 4.69) is 18.8 Å². The quantitative estimate of drug-likeness (QED) is 0.715. The van der Waals surface area contributed by atoms with Crippen LogP contribution in [0.1, 0.15) is 65.3 Å². The first-order valence-corrected chi connectivity index (χ1v) is 5.99. The summed E-state index contributed by atoms with van der Waals surface area (Å²) in [7, 11) is 0. The molecule has 0 aliphatic heterocycles. The van der Waals surface area contributed by atoms with Crippen LogP contribution in [-0.4, -0.2) is 11.3 Å². The molecule has 1 aromatic rings. The van der Waals surface area contributed by atoms with Crippen molar-refractivity contribution < 1.29 is 4.79 Å². The third-order valence-corrected chi connectivity index (χ3v) is 4.11.